The first-order chi connectivity index (χ1) is 12.1. The highest BCUT2D eigenvalue weighted by Gasteiger charge is 2.08. The van der Waals surface area contributed by atoms with Crippen LogP contribution in [0.15, 0.2) is 53.9 Å². The summed E-state index contributed by atoms with van der Waals surface area (Å²) in [5.41, 5.74) is 3.92. The number of benzene rings is 2. The molecule has 4 nitrogen and oxygen atoms in total. The second-order valence-electron chi connectivity index (χ2n) is 5.79. The van der Waals surface area contributed by atoms with Crippen LogP contribution in [0.2, 0.25) is 0 Å². The maximum absolute atomic E-state index is 12.1. The third-order valence-corrected chi connectivity index (χ3v) is 4.72. The SMILES string of the molecule is COc1cccc(-c2nc(CCC(=O)Nc3cccc(C)c3)cs2)c1. The molecule has 0 radical (unpaired) electrons. The molecule has 1 amide bonds. The molecule has 3 rings (SSSR count). The number of carbonyl (C=O) groups excluding carboxylic acids is 1. The van der Waals surface area contributed by atoms with Crippen molar-refractivity contribution in [3.05, 3.63) is 65.2 Å². The van der Waals surface area contributed by atoms with Crippen molar-refractivity contribution in [2.24, 2.45) is 0 Å². The number of methoxy groups -OCH3 is 1. The molecule has 0 aliphatic carbocycles. The number of carbonyl (C=O) groups is 1. The van der Waals surface area contributed by atoms with Crippen LogP contribution in [0.1, 0.15) is 17.7 Å². The quantitative estimate of drug-likeness (QED) is 0.700. The van der Waals surface area contributed by atoms with Crippen molar-refractivity contribution in [2.45, 2.75) is 19.8 Å². The topological polar surface area (TPSA) is 51.2 Å². The lowest BCUT2D eigenvalue weighted by molar-refractivity contribution is -0.116. The van der Waals surface area contributed by atoms with Crippen molar-refractivity contribution >= 4 is 22.9 Å². The van der Waals surface area contributed by atoms with Crippen LogP contribution in [0.4, 0.5) is 5.69 Å². The van der Waals surface area contributed by atoms with E-state index in [1.165, 1.54) is 0 Å². The van der Waals surface area contributed by atoms with Gasteiger partial charge in [0.25, 0.3) is 0 Å². The van der Waals surface area contributed by atoms with E-state index in [-0.39, 0.29) is 5.91 Å². The number of amides is 1. The molecule has 0 unspecified atom stereocenters. The van der Waals surface area contributed by atoms with Crippen LogP contribution in [0.3, 0.4) is 0 Å². The highest BCUT2D eigenvalue weighted by Crippen LogP contribution is 2.27. The Bertz CT molecular complexity index is 873. The molecule has 0 atom stereocenters. The zero-order chi connectivity index (χ0) is 17.6. The van der Waals surface area contributed by atoms with Crippen LogP contribution in [0, 0.1) is 6.92 Å². The number of nitrogens with zero attached hydrogens (tertiary/aromatic N) is 1. The molecule has 1 N–H and O–H groups in total. The molecule has 0 bridgehead atoms. The lowest BCUT2D eigenvalue weighted by atomic mass is 10.2. The van der Waals surface area contributed by atoms with Crippen LogP contribution in [0.5, 0.6) is 5.75 Å². The van der Waals surface area contributed by atoms with Crippen molar-refractivity contribution in [1.29, 1.82) is 0 Å². The lowest BCUT2D eigenvalue weighted by Gasteiger charge is -2.05. The Balaban J connectivity index is 1.59. The van der Waals surface area contributed by atoms with Gasteiger partial charge in [-0.3, -0.25) is 4.79 Å². The average molecular weight is 352 g/mol. The molecule has 0 aliphatic heterocycles. The first-order valence-electron chi connectivity index (χ1n) is 8.09. The molecule has 25 heavy (non-hydrogen) atoms. The number of rotatable bonds is 6. The van der Waals surface area contributed by atoms with Crippen LogP contribution >= 0.6 is 11.3 Å². The van der Waals surface area contributed by atoms with Gasteiger partial charge in [-0.2, -0.15) is 0 Å². The number of anilines is 1. The summed E-state index contributed by atoms with van der Waals surface area (Å²) in [6, 6.07) is 15.6. The first kappa shape index (κ1) is 17.2. The molecule has 0 spiro atoms. The number of hydrogen-bond donors (Lipinski definition) is 1. The van der Waals surface area contributed by atoms with Crippen molar-refractivity contribution in [3.8, 4) is 16.3 Å². The van der Waals surface area contributed by atoms with Gasteiger partial charge in [0.1, 0.15) is 10.8 Å². The van der Waals surface area contributed by atoms with Crippen molar-refractivity contribution in [3.63, 3.8) is 0 Å². The molecule has 128 valence electrons. The van der Waals surface area contributed by atoms with Gasteiger partial charge in [-0.25, -0.2) is 4.98 Å². The molecule has 2 aromatic carbocycles. The van der Waals surface area contributed by atoms with Gasteiger partial charge in [0.05, 0.1) is 12.8 Å². The molecule has 0 saturated heterocycles. The highest BCUT2D eigenvalue weighted by molar-refractivity contribution is 7.13. The minimum Gasteiger partial charge on any atom is -0.497 e. The number of aryl methyl sites for hydroxylation is 2. The Morgan fingerprint density at radius 1 is 1.20 bits per heavy atom. The van der Waals surface area contributed by atoms with Crippen molar-refractivity contribution in [2.75, 3.05) is 12.4 Å². The van der Waals surface area contributed by atoms with Crippen LogP contribution in [0.25, 0.3) is 10.6 Å². The van der Waals surface area contributed by atoms with E-state index in [4.69, 9.17) is 4.74 Å². The van der Waals surface area contributed by atoms with Crippen LogP contribution < -0.4 is 10.1 Å². The van der Waals surface area contributed by atoms with Crippen molar-refractivity contribution in [1.82, 2.24) is 4.98 Å². The van der Waals surface area contributed by atoms with E-state index in [1.807, 2.05) is 60.8 Å². The highest BCUT2D eigenvalue weighted by atomic mass is 32.1. The van der Waals surface area contributed by atoms with E-state index in [9.17, 15) is 4.79 Å². The maximum Gasteiger partial charge on any atom is 0.224 e. The fourth-order valence-electron chi connectivity index (χ4n) is 2.50. The number of hydrogen-bond acceptors (Lipinski definition) is 4. The standard InChI is InChI=1S/C20H20N2O2S/c1-14-5-3-7-16(11-14)21-19(23)10-9-17-13-25-20(22-17)15-6-4-8-18(12-15)24-2/h3-8,11-13H,9-10H2,1-2H3,(H,21,23). The second kappa shape index (κ2) is 7.94. The van der Waals surface area contributed by atoms with Gasteiger partial charge in [-0.1, -0.05) is 24.3 Å². The summed E-state index contributed by atoms with van der Waals surface area (Å²) in [7, 11) is 1.65. The van der Waals surface area contributed by atoms with Crippen molar-refractivity contribution < 1.29 is 9.53 Å². The fourth-order valence-corrected chi connectivity index (χ4v) is 3.35. The van der Waals surface area contributed by atoms with Gasteiger partial charge in [0, 0.05) is 23.1 Å². The summed E-state index contributed by atoms with van der Waals surface area (Å²) in [4.78, 5) is 16.7. The van der Waals surface area contributed by atoms with E-state index in [2.05, 4.69) is 10.3 Å². The second-order valence-corrected chi connectivity index (χ2v) is 6.65. The monoisotopic (exact) mass is 352 g/mol. The summed E-state index contributed by atoms with van der Waals surface area (Å²) in [5.74, 6) is 0.813. The molecule has 5 heteroatoms. The Kier molecular flexibility index (Phi) is 5.46. The molecular weight excluding hydrogens is 332 g/mol. The van der Waals surface area contributed by atoms with E-state index in [1.54, 1.807) is 18.4 Å². The number of aromatic nitrogens is 1. The Morgan fingerprint density at radius 3 is 2.84 bits per heavy atom. The minimum atomic E-state index is 0.00142. The third kappa shape index (κ3) is 4.67. The van der Waals surface area contributed by atoms with E-state index >= 15 is 0 Å². The zero-order valence-electron chi connectivity index (χ0n) is 14.3. The lowest BCUT2D eigenvalue weighted by Crippen LogP contribution is -2.12. The Hall–Kier alpha value is -2.66. The van der Waals surface area contributed by atoms with Gasteiger partial charge in [0.15, 0.2) is 0 Å². The molecule has 1 heterocycles. The fraction of sp³-hybridized carbons (Fsp3) is 0.200. The average Bonchev–Trinajstić information content (AvgIpc) is 3.09. The predicted octanol–water partition coefficient (Wildman–Crippen LogP) is 4.70. The number of nitrogens with one attached hydrogen (secondary N) is 1. The van der Waals surface area contributed by atoms with Gasteiger partial charge in [-0.05, 0) is 43.2 Å². The summed E-state index contributed by atoms with van der Waals surface area (Å²) in [5, 5.41) is 5.87. The molecular formula is C20H20N2O2S. The van der Waals surface area contributed by atoms with Gasteiger partial charge < -0.3 is 10.1 Å². The predicted molar refractivity (Wildman–Crippen MR) is 102 cm³/mol. The number of ether oxygens (including phenoxy) is 1. The largest absolute Gasteiger partial charge is 0.497 e. The van der Waals surface area contributed by atoms with Crippen LogP contribution in [-0.4, -0.2) is 18.0 Å². The summed E-state index contributed by atoms with van der Waals surface area (Å²) >= 11 is 1.58. The third-order valence-electron chi connectivity index (χ3n) is 3.78. The zero-order valence-corrected chi connectivity index (χ0v) is 15.1. The minimum absolute atomic E-state index is 0.00142. The van der Waals surface area contributed by atoms with E-state index in [0.717, 1.165) is 33.3 Å². The maximum atomic E-state index is 12.1. The molecule has 3 aromatic rings. The van der Waals surface area contributed by atoms with Gasteiger partial charge in [-0.15, -0.1) is 11.3 Å². The molecule has 0 saturated carbocycles. The molecule has 1 aromatic heterocycles. The van der Waals surface area contributed by atoms with E-state index in [0.29, 0.717) is 12.8 Å². The molecule has 0 fully saturated rings. The number of thiazole rings is 1. The normalized spacial score (nSPS) is 10.5. The van der Waals surface area contributed by atoms with Crippen LogP contribution in [-0.2, 0) is 11.2 Å². The summed E-state index contributed by atoms with van der Waals surface area (Å²) in [6.07, 6.45) is 1.04. The molecule has 0 aliphatic rings. The first-order valence-corrected chi connectivity index (χ1v) is 8.97. The van der Waals surface area contributed by atoms with E-state index < -0.39 is 0 Å². The Labute approximate surface area is 151 Å². The smallest absolute Gasteiger partial charge is 0.224 e. The van der Waals surface area contributed by atoms with Gasteiger partial charge in [0.2, 0.25) is 5.91 Å². The summed E-state index contributed by atoms with van der Waals surface area (Å²) < 4.78 is 5.25. The Morgan fingerprint density at radius 2 is 2.04 bits per heavy atom. The summed E-state index contributed by atoms with van der Waals surface area (Å²) in [6.45, 7) is 2.00. The van der Waals surface area contributed by atoms with Gasteiger partial charge >= 0.3 is 0 Å².